The molecule has 0 spiro atoms. The van der Waals surface area contributed by atoms with Crippen molar-refractivity contribution in [2.24, 2.45) is 0 Å². The van der Waals surface area contributed by atoms with Crippen molar-refractivity contribution in [3.63, 3.8) is 0 Å². The van der Waals surface area contributed by atoms with Crippen LogP contribution in [0.15, 0.2) is 60.7 Å². The first-order chi connectivity index (χ1) is 11.2. The first-order valence-electron chi connectivity index (χ1n) is 7.60. The number of nitrogens with one attached hydrogen (secondary N) is 1. The summed E-state index contributed by atoms with van der Waals surface area (Å²) in [6.07, 6.45) is 1.96. The number of para-hydroxylation sites is 2. The molecule has 4 nitrogen and oxygen atoms in total. The van der Waals surface area contributed by atoms with Crippen LogP contribution in [0.2, 0.25) is 0 Å². The average molecular weight is 328 g/mol. The highest BCUT2D eigenvalue weighted by atomic mass is 32.2. The maximum Gasteiger partial charge on any atom is 0.333 e. The lowest BCUT2D eigenvalue weighted by Gasteiger charge is -2.21. The van der Waals surface area contributed by atoms with Crippen molar-refractivity contribution in [1.29, 1.82) is 0 Å². The van der Waals surface area contributed by atoms with Crippen molar-refractivity contribution >= 4 is 34.4 Å². The maximum absolute atomic E-state index is 12.6. The van der Waals surface area contributed by atoms with Crippen molar-refractivity contribution < 1.29 is 9.59 Å². The molecular weight excluding hydrogens is 308 g/mol. The number of anilines is 2. The fourth-order valence-electron chi connectivity index (χ4n) is 1.95. The molecule has 0 aliphatic rings. The van der Waals surface area contributed by atoms with E-state index in [-0.39, 0.29) is 5.24 Å². The number of imide groups is 1. The zero-order valence-corrected chi connectivity index (χ0v) is 13.9. The number of hydrogen-bond acceptors (Lipinski definition) is 3. The second-order valence-electron chi connectivity index (χ2n) is 4.94. The highest BCUT2D eigenvalue weighted by Gasteiger charge is 2.23. The topological polar surface area (TPSA) is 49.4 Å². The molecule has 2 aromatic rings. The van der Waals surface area contributed by atoms with Gasteiger partial charge in [0.15, 0.2) is 0 Å². The molecule has 0 aliphatic heterocycles. The summed E-state index contributed by atoms with van der Waals surface area (Å²) in [5, 5.41) is 2.50. The Morgan fingerprint density at radius 1 is 1.00 bits per heavy atom. The SMILES string of the molecule is CCCCSC(=O)N(C(=O)Nc1ccccc1)c1ccccc1. The Kier molecular flexibility index (Phi) is 6.69. The van der Waals surface area contributed by atoms with Gasteiger partial charge in [-0.3, -0.25) is 4.79 Å². The van der Waals surface area contributed by atoms with Crippen molar-refractivity contribution in [2.75, 3.05) is 16.0 Å². The van der Waals surface area contributed by atoms with Gasteiger partial charge in [0, 0.05) is 11.4 Å². The number of amides is 3. The molecule has 120 valence electrons. The van der Waals surface area contributed by atoms with Gasteiger partial charge in [-0.1, -0.05) is 61.5 Å². The van der Waals surface area contributed by atoms with E-state index in [1.807, 2.05) is 36.4 Å². The third kappa shape index (κ3) is 5.14. The van der Waals surface area contributed by atoms with Gasteiger partial charge in [-0.15, -0.1) is 0 Å². The molecule has 0 aromatic heterocycles. The minimum absolute atomic E-state index is 0.266. The van der Waals surface area contributed by atoms with Gasteiger partial charge in [-0.2, -0.15) is 0 Å². The third-order valence-corrected chi connectivity index (χ3v) is 4.07. The van der Waals surface area contributed by atoms with Crippen molar-refractivity contribution in [3.05, 3.63) is 60.7 Å². The standard InChI is InChI=1S/C18H20N2O2S/c1-2-3-14-23-18(22)20(16-12-8-5-9-13-16)17(21)19-15-10-6-4-7-11-15/h4-13H,2-3,14H2,1H3,(H,19,21). The van der Waals surface area contributed by atoms with Crippen LogP contribution in [0.1, 0.15) is 19.8 Å². The maximum atomic E-state index is 12.6. The van der Waals surface area contributed by atoms with E-state index in [2.05, 4.69) is 12.2 Å². The van der Waals surface area contributed by atoms with E-state index < -0.39 is 6.03 Å². The quantitative estimate of drug-likeness (QED) is 0.750. The Hall–Kier alpha value is -2.27. The number of benzene rings is 2. The smallest absolute Gasteiger partial charge is 0.307 e. The van der Waals surface area contributed by atoms with Crippen LogP contribution in [0.3, 0.4) is 0 Å². The van der Waals surface area contributed by atoms with Crippen LogP contribution >= 0.6 is 11.8 Å². The predicted molar refractivity (Wildman–Crippen MR) is 97.1 cm³/mol. The Bertz CT molecular complexity index is 632. The van der Waals surface area contributed by atoms with Crippen LogP contribution in [-0.4, -0.2) is 17.0 Å². The van der Waals surface area contributed by atoms with E-state index >= 15 is 0 Å². The molecule has 0 saturated heterocycles. The number of carbonyl (C=O) groups is 2. The second kappa shape index (κ2) is 9.00. The van der Waals surface area contributed by atoms with Crippen LogP contribution in [-0.2, 0) is 0 Å². The van der Waals surface area contributed by atoms with Crippen LogP contribution < -0.4 is 10.2 Å². The van der Waals surface area contributed by atoms with E-state index in [1.54, 1.807) is 24.3 Å². The van der Waals surface area contributed by atoms with Gasteiger partial charge >= 0.3 is 6.03 Å². The fraction of sp³-hybridized carbons (Fsp3) is 0.222. The summed E-state index contributed by atoms with van der Waals surface area (Å²) >= 11 is 1.17. The van der Waals surface area contributed by atoms with E-state index in [0.717, 1.165) is 12.8 Å². The number of rotatable bonds is 5. The van der Waals surface area contributed by atoms with Gasteiger partial charge in [-0.25, -0.2) is 9.69 Å². The molecule has 0 radical (unpaired) electrons. The number of thioether (sulfide) groups is 1. The third-order valence-electron chi connectivity index (χ3n) is 3.15. The Morgan fingerprint density at radius 3 is 2.22 bits per heavy atom. The van der Waals surface area contributed by atoms with Gasteiger partial charge < -0.3 is 5.32 Å². The molecule has 0 aliphatic carbocycles. The summed E-state index contributed by atoms with van der Waals surface area (Å²) in [6, 6.07) is 17.6. The molecule has 2 rings (SSSR count). The molecule has 0 heterocycles. The molecule has 3 amide bonds. The molecule has 0 fully saturated rings. The molecule has 0 atom stereocenters. The number of urea groups is 1. The Morgan fingerprint density at radius 2 is 1.61 bits per heavy atom. The summed E-state index contributed by atoms with van der Waals surface area (Å²) in [4.78, 5) is 26.2. The predicted octanol–water partition coefficient (Wildman–Crippen LogP) is 5.38. The monoisotopic (exact) mass is 328 g/mol. The number of nitrogens with zero attached hydrogens (tertiary/aromatic N) is 1. The minimum atomic E-state index is -0.448. The van der Waals surface area contributed by atoms with Crippen LogP contribution in [0.5, 0.6) is 0 Å². The van der Waals surface area contributed by atoms with Crippen LogP contribution in [0.25, 0.3) is 0 Å². The fourth-order valence-corrected chi connectivity index (χ4v) is 2.88. The molecular formula is C18H20N2O2S. The first-order valence-corrected chi connectivity index (χ1v) is 8.59. The summed E-state index contributed by atoms with van der Waals surface area (Å²) in [5.74, 6) is 0.706. The number of unbranched alkanes of at least 4 members (excludes halogenated alkanes) is 1. The van der Waals surface area contributed by atoms with Gasteiger partial charge in [0.2, 0.25) is 0 Å². The molecule has 0 saturated carbocycles. The lowest BCUT2D eigenvalue weighted by atomic mass is 10.3. The zero-order chi connectivity index (χ0) is 16.5. The summed E-state index contributed by atoms with van der Waals surface area (Å²) < 4.78 is 0. The van der Waals surface area contributed by atoms with Gasteiger partial charge in [0.1, 0.15) is 0 Å². The van der Waals surface area contributed by atoms with E-state index in [4.69, 9.17) is 0 Å². The first kappa shape index (κ1) is 17.1. The van der Waals surface area contributed by atoms with Gasteiger partial charge in [0.05, 0.1) is 5.69 Å². The zero-order valence-electron chi connectivity index (χ0n) is 13.1. The van der Waals surface area contributed by atoms with Crippen molar-refractivity contribution in [1.82, 2.24) is 0 Å². The highest BCUT2D eigenvalue weighted by Crippen LogP contribution is 2.21. The van der Waals surface area contributed by atoms with Gasteiger partial charge in [-0.05, 0) is 30.7 Å². The second-order valence-corrected chi connectivity index (χ2v) is 5.98. The molecule has 0 bridgehead atoms. The highest BCUT2D eigenvalue weighted by molar-refractivity contribution is 8.13. The summed E-state index contributed by atoms with van der Waals surface area (Å²) in [7, 11) is 0. The normalized spacial score (nSPS) is 10.1. The number of hydrogen-bond donors (Lipinski definition) is 1. The molecule has 2 aromatic carbocycles. The Balaban J connectivity index is 2.16. The van der Waals surface area contributed by atoms with E-state index in [0.29, 0.717) is 17.1 Å². The molecule has 1 N–H and O–H groups in total. The lowest BCUT2D eigenvalue weighted by molar-refractivity contribution is 0.250. The summed E-state index contributed by atoms with van der Waals surface area (Å²) in [5.41, 5.74) is 1.22. The van der Waals surface area contributed by atoms with Crippen LogP contribution in [0.4, 0.5) is 21.0 Å². The molecule has 5 heteroatoms. The molecule has 23 heavy (non-hydrogen) atoms. The largest absolute Gasteiger partial charge is 0.333 e. The summed E-state index contributed by atoms with van der Waals surface area (Å²) in [6.45, 7) is 2.07. The Labute approximate surface area is 140 Å². The minimum Gasteiger partial charge on any atom is -0.307 e. The van der Waals surface area contributed by atoms with E-state index in [9.17, 15) is 9.59 Å². The number of carbonyl (C=O) groups excluding carboxylic acids is 2. The average Bonchev–Trinajstić information content (AvgIpc) is 2.57. The van der Waals surface area contributed by atoms with Crippen LogP contribution in [0, 0.1) is 0 Å². The van der Waals surface area contributed by atoms with Gasteiger partial charge in [0.25, 0.3) is 5.24 Å². The van der Waals surface area contributed by atoms with Crippen molar-refractivity contribution in [3.8, 4) is 0 Å². The lowest BCUT2D eigenvalue weighted by Crippen LogP contribution is -2.38. The van der Waals surface area contributed by atoms with Crippen molar-refractivity contribution in [2.45, 2.75) is 19.8 Å². The molecule has 0 unspecified atom stereocenters. The van der Waals surface area contributed by atoms with E-state index in [1.165, 1.54) is 16.7 Å².